The first-order valence-electron chi connectivity index (χ1n) is 6.24. The molecule has 0 bridgehead atoms. The van der Waals surface area contributed by atoms with E-state index in [1.807, 2.05) is 50.2 Å². The second kappa shape index (κ2) is 5.61. The number of rotatable bonds is 4. The highest BCUT2D eigenvalue weighted by molar-refractivity contribution is 5.95. The SMILES string of the molecule is Cc1cc(C(=N)N)cc(Oc2cccc(N(C)C)c2)n1. The fourth-order valence-electron chi connectivity index (χ4n) is 1.79. The van der Waals surface area contributed by atoms with Crippen molar-refractivity contribution in [1.29, 1.82) is 5.41 Å². The zero-order chi connectivity index (χ0) is 14.7. The number of amidine groups is 1. The summed E-state index contributed by atoms with van der Waals surface area (Å²) in [5.41, 5.74) is 7.91. The molecule has 3 N–H and O–H groups in total. The molecule has 5 heteroatoms. The van der Waals surface area contributed by atoms with Gasteiger partial charge in [-0.3, -0.25) is 5.41 Å². The standard InChI is InChI=1S/C15H18N4O/c1-10-7-11(15(16)17)8-14(18-10)20-13-6-4-5-12(9-13)19(2)3/h4-9H,1-3H3,(H3,16,17). The third kappa shape index (κ3) is 3.26. The molecule has 0 amide bonds. The Hall–Kier alpha value is -2.56. The van der Waals surface area contributed by atoms with Crippen molar-refractivity contribution in [2.45, 2.75) is 6.92 Å². The number of nitrogens with one attached hydrogen (secondary N) is 1. The average Bonchev–Trinajstić information content (AvgIpc) is 2.38. The number of nitrogens with zero attached hydrogens (tertiary/aromatic N) is 2. The van der Waals surface area contributed by atoms with Gasteiger partial charge in [-0.25, -0.2) is 4.98 Å². The molecule has 1 heterocycles. The Labute approximate surface area is 118 Å². The molecule has 20 heavy (non-hydrogen) atoms. The molecule has 0 saturated heterocycles. The van der Waals surface area contributed by atoms with Gasteiger partial charge in [-0.15, -0.1) is 0 Å². The average molecular weight is 270 g/mol. The van der Waals surface area contributed by atoms with Crippen molar-refractivity contribution in [3.05, 3.63) is 47.7 Å². The van der Waals surface area contributed by atoms with Gasteiger partial charge >= 0.3 is 0 Å². The molecule has 0 aliphatic carbocycles. The van der Waals surface area contributed by atoms with E-state index in [4.69, 9.17) is 15.9 Å². The predicted molar refractivity (Wildman–Crippen MR) is 80.8 cm³/mol. The fraction of sp³-hybridized carbons (Fsp3) is 0.200. The normalized spacial score (nSPS) is 10.2. The highest BCUT2D eigenvalue weighted by Crippen LogP contribution is 2.24. The number of aryl methyl sites for hydroxylation is 1. The summed E-state index contributed by atoms with van der Waals surface area (Å²) in [4.78, 5) is 6.30. The Kier molecular flexibility index (Phi) is 3.89. The summed E-state index contributed by atoms with van der Waals surface area (Å²) in [6.07, 6.45) is 0. The molecule has 0 saturated carbocycles. The Morgan fingerprint density at radius 2 is 2.00 bits per heavy atom. The number of ether oxygens (including phenoxy) is 1. The molecule has 2 aromatic rings. The largest absolute Gasteiger partial charge is 0.439 e. The van der Waals surface area contributed by atoms with Crippen molar-refractivity contribution in [2.75, 3.05) is 19.0 Å². The zero-order valence-corrected chi connectivity index (χ0v) is 11.8. The molecule has 0 aliphatic rings. The zero-order valence-electron chi connectivity index (χ0n) is 11.8. The van der Waals surface area contributed by atoms with E-state index in [0.717, 1.165) is 11.4 Å². The van der Waals surface area contributed by atoms with Crippen LogP contribution in [0, 0.1) is 12.3 Å². The number of aromatic nitrogens is 1. The van der Waals surface area contributed by atoms with Crippen LogP contribution in [0.15, 0.2) is 36.4 Å². The maximum absolute atomic E-state index is 7.49. The van der Waals surface area contributed by atoms with E-state index < -0.39 is 0 Å². The smallest absolute Gasteiger partial charge is 0.220 e. The Morgan fingerprint density at radius 3 is 2.65 bits per heavy atom. The number of anilines is 1. The number of benzene rings is 1. The molecule has 5 nitrogen and oxygen atoms in total. The minimum absolute atomic E-state index is 0.00222. The first-order valence-corrected chi connectivity index (χ1v) is 6.24. The Balaban J connectivity index is 2.30. The number of pyridine rings is 1. The summed E-state index contributed by atoms with van der Waals surface area (Å²) in [5, 5.41) is 7.49. The molecule has 0 aliphatic heterocycles. The maximum atomic E-state index is 7.49. The summed E-state index contributed by atoms with van der Waals surface area (Å²) in [7, 11) is 3.94. The third-order valence-electron chi connectivity index (χ3n) is 2.80. The second-order valence-electron chi connectivity index (χ2n) is 4.74. The van der Waals surface area contributed by atoms with Crippen LogP contribution in [0.3, 0.4) is 0 Å². The molecule has 1 aromatic heterocycles. The number of nitrogens with two attached hydrogens (primary N) is 1. The van der Waals surface area contributed by atoms with Gasteiger partial charge < -0.3 is 15.4 Å². The number of nitrogen functional groups attached to an aromatic ring is 1. The molecular weight excluding hydrogens is 252 g/mol. The van der Waals surface area contributed by atoms with Crippen molar-refractivity contribution < 1.29 is 4.74 Å². The van der Waals surface area contributed by atoms with Crippen LogP contribution in [0.4, 0.5) is 5.69 Å². The van der Waals surface area contributed by atoms with Gasteiger partial charge in [0.05, 0.1) is 0 Å². The molecule has 104 valence electrons. The highest BCUT2D eigenvalue weighted by Gasteiger charge is 2.06. The molecule has 0 spiro atoms. The van der Waals surface area contributed by atoms with Crippen molar-refractivity contribution in [3.63, 3.8) is 0 Å². The second-order valence-corrected chi connectivity index (χ2v) is 4.74. The van der Waals surface area contributed by atoms with E-state index >= 15 is 0 Å². The van der Waals surface area contributed by atoms with Crippen LogP contribution < -0.4 is 15.4 Å². The van der Waals surface area contributed by atoms with Gasteiger partial charge in [-0.2, -0.15) is 0 Å². The fourth-order valence-corrected chi connectivity index (χ4v) is 1.79. The Morgan fingerprint density at radius 1 is 1.25 bits per heavy atom. The maximum Gasteiger partial charge on any atom is 0.220 e. The lowest BCUT2D eigenvalue weighted by atomic mass is 10.2. The Bertz CT molecular complexity index is 638. The third-order valence-corrected chi connectivity index (χ3v) is 2.80. The lowest BCUT2D eigenvalue weighted by Gasteiger charge is -2.14. The highest BCUT2D eigenvalue weighted by atomic mass is 16.5. The van der Waals surface area contributed by atoms with Gasteiger partial charge in [0.1, 0.15) is 11.6 Å². The van der Waals surface area contributed by atoms with Crippen LogP contribution in [0.1, 0.15) is 11.3 Å². The minimum Gasteiger partial charge on any atom is -0.439 e. The lowest BCUT2D eigenvalue weighted by molar-refractivity contribution is 0.461. The topological polar surface area (TPSA) is 75.2 Å². The van der Waals surface area contributed by atoms with Gasteiger partial charge in [0, 0.05) is 43.2 Å². The number of hydrogen-bond acceptors (Lipinski definition) is 4. The van der Waals surface area contributed by atoms with E-state index in [0.29, 0.717) is 17.2 Å². The van der Waals surface area contributed by atoms with Gasteiger partial charge in [-0.05, 0) is 25.1 Å². The van der Waals surface area contributed by atoms with Crippen molar-refractivity contribution >= 4 is 11.5 Å². The van der Waals surface area contributed by atoms with E-state index in [-0.39, 0.29) is 5.84 Å². The van der Waals surface area contributed by atoms with E-state index in [9.17, 15) is 0 Å². The van der Waals surface area contributed by atoms with Crippen molar-refractivity contribution in [3.8, 4) is 11.6 Å². The van der Waals surface area contributed by atoms with E-state index in [2.05, 4.69) is 4.98 Å². The van der Waals surface area contributed by atoms with Crippen molar-refractivity contribution in [2.24, 2.45) is 5.73 Å². The van der Waals surface area contributed by atoms with Crippen LogP contribution >= 0.6 is 0 Å². The van der Waals surface area contributed by atoms with Crippen LogP contribution in [-0.4, -0.2) is 24.9 Å². The van der Waals surface area contributed by atoms with Gasteiger partial charge in [0.25, 0.3) is 0 Å². The van der Waals surface area contributed by atoms with Gasteiger partial charge in [0.2, 0.25) is 5.88 Å². The lowest BCUT2D eigenvalue weighted by Crippen LogP contribution is -2.11. The van der Waals surface area contributed by atoms with Crippen molar-refractivity contribution in [1.82, 2.24) is 4.98 Å². The summed E-state index contributed by atoms with van der Waals surface area (Å²) >= 11 is 0. The predicted octanol–water partition coefficient (Wildman–Crippen LogP) is 2.53. The van der Waals surface area contributed by atoms with Crippen LogP contribution in [0.5, 0.6) is 11.6 Å². The first-order chi connectivity index (χ1) is 9.45. The van der Waals surface area contributed by atoms with E-state index in [1.165, 1.54) is 0 Å². The van der Waals surface area contributed by atoms with E-state index in [1.54, 1.807) is 12.1 Å². The van der Waals surface area contributed by atoms with Crippen LogP contribution in [0.25, 0.3) is 0 Å². The van der Waals surface area contributed by atoms with Crippen LogP contribution in [-0.2, 0) is 0 Å². The minimum atomic E-state index is 0.00222. The summed E-state index contributed by atoms with van der Waals surface area (Å²) in [6, 6.07) is 11.1. The molecule has 0 unspecified atom stereocenters. The molecule has 0 atom stereocenters. The quantitative estimate of drug-likeness (QED) is 0.661. The molecule has 0 fully saturated rings. The van der Waals surface area contributed by atoms with Gasteiger partial charge in [-0.1, -0.05) is 6.07 Å². The monoisotopic (exact) mass is 270 g/mol. The molecule has 2 rings (SSSR count). The summed E-state index contributed by atoms with van der Waals surface area (Å²) < 4.78 is 5.75. The molecule has 0 radical (unpaired) electrons. The number of hydrogen-bond donors (Lipinski definition) is 2. The molecular formula is C15H18N4O. The van der Waals surface area contributed by atoms with Gasteiger partial charge in [0.15, 0.2) is 0 Å². The molecule has 1 aromatic carbocycles. The van der Waals surface area contributed by atoms with Crippen LogP contribution in [0.2, 0.25) is 0 Å². The summed E-state index contributed by atoms with van der Waals surface area (Å²) in [6.45, 7) is 1.84. The summed E-state index contributed by atoms with van der Waals surface area (Å²) in [5.74, 6) is 1.14. The first kappa shape index (κ1) is 13.9.